The summed E-state index contributed by atoms with van der Waals surface area (Å²) in [5.74, 6) is 0.822. The molecule has 0 radical (unpaired) electrons. The molecule has 106 valence electrons. The average Bonchev–Trinajstić information content (AvgIpc) is 3.17. The number of ether oxygens (including phenoxy) is 1. The van der Waals surface area contributed by atoms with E-state index in [4.69, 9.17) is 4.74 Å². The van der Waals surface area contributed by atoms with Gasteiger partial charge in [0, 0.05) is 23.6 Å². The van der Waals surface area contributed by atoms with Crippen molar-refractivity contribution in [2.24, 2.45) is 5.92 Å². The van der Waals surface area contributed by atoms with Crippen molar-refractivity contribution in [3.63, 3.8) is 0 Å². The highest BCUT2D eigenvalue weighted by molar-refractivity contribution is 7.10. The molecular formula is C16H25NOS. The van der Waals surface area contributed by atoms with Crippen molar-refractivity contribution in [2.75, 3.05) is 6.61 Å². The second kappa shape index (κ2) is 6.38. The highest BCUT2D eigenvalue weighted by Gasteiger charge is 2.31. The van der Waals surface area contributed by atoms with Gasteiger partial charge in [-0.25, -0.2) is 0 Å². The maximum atomic E-state index is 5.84. The summed E-state index contributed by atoms with van der Waals surface area (Å²) in [5, 5.41) is 6.09. The molecule has 0 spiro atoms. The van der Waals surface area contributed by atoms with Crippen LogP contribution in [0.2, 0.25) is 0 Å². The van der Waals surface area contributed by atoms with E-state index in [1.165, 1.54) is 43.4 Å². The summed E-state index contributed by atoms with van der Waals surface area (Å²) < 4.78 is 5.84. The van der Waals surface area contributed by atoms with Crippen molar-refractivity contribution < 1.29 is 4.74 Å². The van der Waals surface area contributed by atoms with Gasteiger partial charge >= 0.3 is 0 Å². The normalized spacial score (nSPS) is 27.7. The van der Waals surface area contributed by atoms with E-state index in [9.17, 15) is 0 Å². The quantitative estimate of drug-likeness (QED) is 0.874. The minimum absolute atomic E-state index is 0.420. The molecule has 1 aromatic rings. The van der Waals surface area contributed by atoms with Crippen LogP contribution in [-0.2, 0) is 4.74 Å². The Morgan fingerprint density at radius 1 is 1.26 bits per heavy atom. The van der Waals surface area contributed by atoms with E-state index in [1.807, 2.05) is 11.3 Å². The maximum Gasteiger partial charge on any atom is 0.0726 e. The summed E-state index contributed by atoms with van der Waals surface area (Å²) in [7, 11) is 0. The summed E-state index contributed by atoms with van der Waals surface area (Å²) >= 11 is 1.90. The zero-order valence-corrected chi connectivity index (χ0v) is 12.6. The average molecular weight is 279 g/mol. The van der Waals surface area contributed by atoms with Gasteiger partial charge in [0.2, 0.25) is 0 Å². The molecule has 2 aliphatic rings. The first-order valence-electron chi connectivity index (χ1n) is 7.75. The first-order chi connectivity index (χ1) is 9.34. The zero-order chi connectivity index (χ0) is 13.1. The van der Waals surface area contributed by atoms with E-state index in [-0.39, 0.29) is 0 Å². The van der Waals surface area contributed by atoms with Crippen LogP contribution in [0.1, 0.15) is 56.4 Å². The Morgan fingerprint density at radius 3 is 2.74 bits per heavy atom. The van der Waals surface area contributed by atoms with Crippen LogP contribution in [-0.4, -0.2) is 18.8 Å². The fraction of sp³-hybridized carbons (Fsp3) is 0.750. The molecule has 1 aromatic heterocycles. The van der Waals surface area contributed by atoms with Gasteiger partial charge in [-0.05, 0) is 50.0 Å². The molecule has 19 heavy (non-hydrogen) atoms. The SMILES string of the molecule is CC(NC(c1cccs1)C1CCCC1)C1CCCO1. The Morgan fingerprint density at radius 2 is 2.11 bits per heavy atom. The van der Waals surface area contributed by atoms with Crippen LogP contribution in [0.15, 0.2) is 17.5 Å². The van der Waals surface area contributed by atoms with Crippen LogP contribution in [0.3, 0.4) is 0 Å². The lowest BCUT2D eigenvalue weighted by Crippen LogP contribution is -2.41. The molecule has 3 rings (SSSR count). The van der Waals surface area contributed by atoms with E-state index >= 15 is 0 Å². The molecule has 1 aliphatic carbocycles. The first-order valence-corrected chi connectivity index (χ1v) is 8.63. The highest BCUT2D eigenvalue weighted by Crippen LogP contribution is 2.38. The largest absolute Gasteiger partial charge is 0.377 e. The predicted molar refractivity (Wildman–Crippen MR) is 80.6 cm³/mol. The molecule has 2 nitrogen and oxygen atoms in total. The van der Waals surface area contributed by atoms with E-state index in [0.29, 0.717) is 18.2 Å². The molecule has 1 saturated carbocycles. The van der Waals surface area contributed by atoms with Gasteiger partial charge in [0.05, 0.1) is 6.10 Å². The molecular weight excluding hydrogens is 254 g/mol. The molecule has 0 amide bonds. The molecule has 3 heteroatoms. The van der Waals surface area contributed by atoms with Crippen molar-refractivity contribution in [3.8, 4) is 0 Å². The molecule has 0 bridgehead atoms. The van der Waals surface area contributed by atoms with Gasteiger partial charge in [0.25, 0.3) is 0 Å². The summed E-state index contributed by atoms with van der Waals surface area (Å²) in [4.78, 5) is 1.51. The summed E-state index contributed by atoms with van der Waals surface area (Å²) in [6.45, 7) is 3.25. The third-order valence-electron chi connectivity index (χ3n) is 4.69. The lowest BCUT2D eigenvalue weighted by atomic mass is 9.95. The van der Waals surface area contributed by atoms with Gasteiger partial charge in [-0.3, -0.25) is 0 Å². The molecule has 1 aliphatic heterocycles. The van der Waals surface area contributed by atoms with Crippen LogP contribution in [0, 0.1) is 5.92 Å². The Hall–Kier alpha value is -0.380. The smallest absolute Gasteiger partial charge is 0.0726 e. The standard InChI is InChI=1S/C16H25NOS/c1-12(14-8-4-10-18-14)17-16(13-6-2-3-7-13)15-9-5-11-19-15/h5,9,11-14,16-17H,2-4,6-8,10H2,1H3. The Bertz CT molecular complexity index is 366. The van der Waals surface area contributed by atoms with Crippen LogP contribution >= 0.6 is 11.3 Å². The van der Waals surface area contributed by atoms with Gasteiger partial charge in [-0.2, -0.15) is 0 Å². The number of rotatable bonds is 5. The van der Waals surface area contributed by atoms with Crippen LogP contribution < -0.4 is 5.32 Å². The van der Waals surface area contributed by atoms with Crippen molar-refractivity contribution in [2.45, 2.75) is 63.6 Å². The Labute approximate surface area is 120 Å². The summed E-state index contributed by atoms with van der Waals surface area (Å²) in [5.41, 5.74) is 0. The molecule has 1 N–H and O–H groups in total. The molecule has 3 atom stereocenters. The number of thiophene rings is 1. The van der Waals surface area contributed by atoms with Crippen LogP contribution in [0.5, 0.6) is 0 Å². The fourth-order valence-corrected chi connectivity index (χ4v) is 4.48. The van der Waals surface area contributed by atoms with Gasteiger partial charge in [-0.15, -0.1) is 11.3 Å². The van der Waals surface area contributed by atoms with Crippen molar-refractivity contribution in [3.05, 3.63) is 22.4 Å². The van der Waals surface area contributed by atoms with Gasteiger partial charge < -0.3 is 10.1 Å². The number of hydrogen-bond donors (Lipinski definition) is 1. The Balaban J connectivity index is 1.68. The molecule has 2 heterocycles. The molecule has 3 unspecified atom stereocenters. The van der Waals surface area contributed by atoms with Gasteiger partial charge in [0.15, 0.2) is 0 Å². The number of hydrogen-bond acceptors (Lipinski definition) is 3. The van der Waals surface area contributed by atoms with Crippen LogP contribution in [0.4, 0.5) is 0 Å². The predicted octanol–water partition coefficient (Wildman–Crippen LogP) is 4.14. The van der Waals surface area contributed by atoms with E-state index in [0.717, 1.165) is 12.5 Å². The van der Waals surface area contributed by atoms with E-state index < -0.39 is 0 Å². The third-order valence-corrected chi connectivity index (χ3v) is 5.64. The Kier molecular flexibility index (Phi) is 4.57. The molecule has 1 saturated heterocycles. The monoisotopic (exact) mass is 279 g/mol. The topological polar surface area (TPSA) is 21.3 Å². The second-order valence-corrected chi connectivity index (χ2v) is 7.02. The zero-order valence-electron chi connectivity index (χ0n) is 11.8. The lowest BCUT2D eigenvalue weighted by Gasteiger charge is -2.30. The van der Waals surface area contributed by atoms with Gasteiger partial charge in [-0.1, -0.05) is 18.9 Å². The van der Waals surface area contributed by atoms with E-state index in [2.05, 4.69) is 29.8 Å². The minimum atomic E-state index is 0.420. The summed E-state index contributed by atoms with van der Waals surface area (Å²) in [6, 6.07) is 5.49. The minimum Gasteiger partial charge on any atom is -0.377 e. The van der Waals surface area contributed by atoms with Crippen molar-refractivity contribution in [1.82, 2.24) is 5.32 Å². The molecule has 2 fully saturated rings. The first kappa shape index (κ1) is 13.6. The second-order valence-electron chi connectivity index (χ2n) is 6.04. The number of nitrogens with one attached hydrogen (secondary N) is 1. The highest BCUT2D eigenvalue weighted by atomic mass is 32.1. The van der Waals surface area contributed by atoms with Crippen LogP contribution in [0.25, 0.3) is 0 Å². The fourth-order valence-electron chi connectivity index (χ4n) is 3.60. The third kappa shape index (κ3) is 3.21. The van der Waals surface area contributed by atoms with Gasteiger partial charge in [0.1, 0.15) is 0 Å². The van der Waals surface area contributed by atoms with Crippen molar-refractivity contribution in [1.29, 1.82) is 0 Å². The maximum absolute atomic E-state index is 5.84. The van der Waals surface area contributed by atoms with Crippen molar-refractivity contribution >= 4 is 11.3 Å². The molecule has 0 aromatic carbocycles. The van der Waals surface area contributed by atoms with E-state index in [1.54, 1.807) is 0 Å². The summed E-state index contributed by atoms with van der Waals surface area (Å²) in [6.07, 6.45) is 8.44. The lowest BCUT2D eigenvalue weighted by molar-refractivity contribution is 0.0764.